The number of nitrogens with zero attached hydrogens (tertiary/aromatic N) is 7. The van der Waals surface area contributed by atoms with E-state index >= 15 is 0 Å². The van der Waals surface area contributed by atoms with Crippen molar-refractivity contribution in [2.45, 2.75) is 6.17 Å². The van der Waals surface area contributed by atoms with Gasteiger partial charge in [-0.3, -0.25) is 19.5 Å². The van der Waals surface area contributed by atoms with Crippen molar-refractivity contribution in [3.63, 3.8) is 0 Å². The van der Waals surface area contributed by atoms with Gasteiger partial charge in [-0.2, -0.15) is 10.0 Å². The van der Waals surface area contributed by atoms with Gasteiger partial charge in [0.15, 0.2) is 0 Å². The fraction of sp³-hybridized carbons (Fsp3) is 0.0800. The summed E-state index contributed by atoms with van der Waals surface area (Å²) in [5.74, 6) is -1.64. The second kappa shape index (κ2) is 10.4. The monoisotopic (exact) mass is 529 g/mol. The van der Waals surface area contributed by atoms with E-state index in [4.69, 9.17) is 0 Å². The number of carbonyl (C=O) groups is 3. The number of aromatic nitrogens is 2. The lowest BCUT2D eigenvalue weighted by Gasteiger charge is -2.30. The van der Waals surface area contributed by atoms with Crippen molar-refractivity contribution in [3.8, 4) is 11.5 Å². The average molecular weight is 530 g/mol. The highest BCUT2D eigenvalue weighted by molar-refractivity contribution is 7.13. The number of carbonyl (C=O) groups excluding carboxylic acids is 3. The molecule has 3 heterocycles. The Morgan fingerprint density at radius 2 is 1.63 bits per heavy atom. The van der Waals surface area contributed by atoms with Crippen molar-refractivity contribution in [2.24, 2.45) is 10.2 Å². The maximum atomic E-state index is 13.6. The van der Waals surface area contributed by atoms with Crippen LogP contribution in [0.2, 0.25) is 0 Å². The maximum Gasteiger partial charge on any atom is 0.337 e. The Labute approximate surface area is 219 Å². The minimum absolute atomic E-state index is 0.0372. The molecule has 0 aliphatic carbocycles. The second-order valence-corrected chi connectivity index (χ2v) is 8.85. The van der Waals surface area contributed by atoms with Crippen molar-refractivity contribution in [1.82, 2.24) is 19.8 Å². The number of urea groups is 1. The summed E-state index contributed by atoms with van der Waals surface area (Å²) in [6, 6.07) is 14.4. The predicted octanol–water partition coefficient (Wildman–Crippen LogP) is 4.26. The SMILES string of the molecule is O=C(c1cccnc1)N1C(=O)C(N=Nc2nccs2)N(CN(c2ccc(O)cc2)c2ccc(O)cc2)C1=O. The summed E-state index contributed by atoms with van der Waals surface area (Å²) in [4.78, 5) is 51.3. The molecule has 1 aliphatic heterocycles. The van der Waals surface area contributed by atoms with Gasteiger partial charge in [0.25, 0.3) is 11.8 Å². The van der Waals surface area contributed by atoms with E-state index in [1.807, 2.05) is 0 Å². The number of anilines is 2. The van der Waals surface area contributed by atoms with Gasteiger partial charge in [-0.15, -0.1) is 16.5 Å². The van der Waals surface area contributed by atoms with Crippen LogP contribution in [0, 0.1) is 0 Å². The van der Waals surface area contributed by atoms with Crippen LogP contribution in [0.1, 0.15) is 10.4 Å². The molecule has 5 rings (SSSR count). The normalized spacial score (nSPS) is 15.4. The van der Waals surface area contributed by atoms with Crippen LogP contribution in [0.4, 0.5) is 21.3 Å². The summed E-state index contributed by atoms with van der Waals surface area (Å²) in [7, 11) is 0. The van der Waals surface area contributed by atoms with Crippen LogP contribution >= 0.6 is 11.3 Å². The van der Waals surface area contributed by atoms with Crippen LogP contribution in [0.3, 0.4) is 0 Å². The van der Waals surface area contributed by atoms with E-state index in [1.165, 1.54) is 66.3 Å². The first-order chi connectivity index (χ1) is 18.4. The summed E-state index contributed by atoms with van der Waals surface area (Å²) in [6.07, 6.45) is 2.79. The van der Waals surface area contributed by atoms with Gasteiger partial charge < -0.3 is 15.1 Å². The molecule has 1 unspecified atom stereocenters. The summed E-state index contributed by atoms with van der Waals surface area (Å²) < 4.78 is 0. The Bertz CT molecular complexity index is 1430. The molecule has 2 aromatic carbocycles. The predicted molar refractivity (Wildman–Crippen MR) is 136 cm³/mol. The van der Waals surface area contributed by atoms with Crippen LogP contribution in [0.5, 0.6) is 11.5 Å². The Hall–Kier alpha value is -5.17. The number of aromatic hydroxyl groups is 2. The van der Waals surface area contributed by atoms with Gasteiger partial charge in [0.1, 0.15) is 18.2 Å². The highest BCUT2D eigenvalue weighted by Gasteiger charge is 2.50. The number of pyridine rings is 1. The number of benzene rings is 2. The zero-order chi connectivity index (χ0) is 26.6. The number of hydrogen-bond donors (Lipinski definition) is 2. The summed E-state index contributed by atoms with van der Waals surface area (Å²) in [6.45, 7) is -0.224. The van der Waals surface area contributed by atoms with Crippen LogP contribution in [0.25, 0.3) is 0 Å². The molecule has 0 radical (unpaired) electrons. The van der Waals surface area contributed by atoms with E-state index in [9.17, 15) is 24.6 Å². The first kappa shape index (κ1) is 24.5. The van der Waals surface area contributed by atoms with Crippen molar-refractivity contribution in [1.29, 1.82) is 0 Å². The third-order valence-corrected chi connectivity index (χ3v) is 6.23. The molecule has 4 amide bonds. The molecule has 38 heavy (non-hydrogen) atoms. The van der Waals surface area contributed by atoms with Gasteiger partial charge in [0.05, 0.1) is 5.56 Å². The largest absolute Gasteiger partial charge is 0.508 e. The first-order valence-corrected chi connectivity index (χ1v) is 12.1. The molecule has 2 N–H and O–H groups in total. The third kappa shape index (κ3) is 4.90. The minimum Gasteiger partial charge on any atom is -0.508 e. The zero-order valence-corrected chi connectivity index (χ0v) is 20.3. The number of thiazole rings is 1. The van der Waals surface area contributed by atoms with E-state index in [0.717, 1.165) is 4.90 Å². The van der Waals surface area contributed by atoms with Crippen molar-refractivity contribution in [2.75, 3.05) is 11.6 Å². The molecule has 4 aromatic rings. The molecule has 0 saturated carbocycles. The molecule has 190 valence electrons. The van der Waals surface area contributed by atoms with Crippen molar-refractivity contribution < 1.29 is 24.6 Å². The van der Waals surface area contributed by atoms with Crippen LogP contribution < -0.4 is 4.90 Å². The molecular weight excluding hydrogens is 510 g/mol. The molecule has 1 saturated heterocycles. The van der Waals surface area contributed by atoms with Crippen molar-refractivity contribution in [3.05, 3.63) is 90.2 Å². The third-order valence-electron chi connectivity index (χ3n) is 5.57. The van der Waals surface area contributed by atoms with E-state index in [-0.39, 0.29) is 28.9 Å². The molecule has 2 aromatic heterocycles. The van der Waals surface area contributed by atoms with Gasteiger partial charge in [-0.1, -0.05) is 0 Å². The number of phenolic OH excluding ortho intramolecular Hbond substituents is 2. The highest BCUT2D eigenvalue weighted by Crippen LogP contribution is 2.31. The number of phenols is 2. The zero-order valence-electron chi connectivity index (χ0n) is 19.5. The van der Waals surface area contributed by atoms with Gasteiger partial charge >= 0.3 is 6.03 Å². The molecule has 1 aliphatic rings. The summed E-state index contributed by atoms with van der Waals surface area (Å²) >= 11 is 1.19. The summed E-state index contributed by atoms with van der Waals surface area (Å²) in [5.41, 5.74) is 1.17. The highest BCUT2D eigenvalue weighted by atomic mass is 32.1. The lowest BCUT2D eigenvalue weighted by molar-refractivity contribution is -0.126. The molecular formula is C25H19N7O5S. The number of azo groups is 1. The maximum absolute atomic E-state index is 13.6. The molecule has 13 heteroatoms. The van der Waals surface area contributed by atoms with E-state index < -0.39 is 24.0 Å². The second-order valence-electron chi connectivity index (χ2n) is 7.98. The van der Waals surface area contributed by atoms with E-state index in [0.29, 0.717) is 16.3 Å². The smallest absolute Gasteiger partial charge is 0.337 e. The van der Waals surface area contributed by atoms with Crippen LogP contribution in [-0.4, -0.2) is 60.7 Å². The van der Waals surface area contributed by atoms with Gasteiger partial charge in [-0.05, 0) is 60.7 Å². The Morgan fingerprint density at radius 3 is 2.18 bits per heavy atom. The molecule has 0 spiro atoms. The fourth-order valence-corrected chi connectivity index (χ4v) is 4.19. The number of hydrogen-bond acceptors (Lipinski definition) is 11. The minimum atomic E-state index is -1.45. The molecule has 1 fully saturated rings. The molecule has 1 atom stereocenters. The van der Waals surface area contributed by atoms with E-state index in [2.05, 4.69) is 20.2 Å². The van der Waals surface area contributed by atoms with Crippen molar-refractivity contribution >= 4 is 45.7 Å². The number of rotatable bonds is 7. The lowest BCUT2D eigenvalue weighted by atomic mass is 10.2. The van der Waals surface area contributed by atoms with Gasteiger partial charge in [0, 0.05) is 35.3 Å². The Balaban J connectivity index is 1.54. The first-order valence-electron chi connectivity index (χ1n) is 11.2. The van der Waals surface area contributed by atoms with E-state index in [1.54, 1.807) is 34.5 Å². The van der Waals surface area contributed by atoms with Gasteiger partial charge in [0.2, 0.25) is 11.3 Å². The fourth-order valence-electron chi connectivity index (χ4n) is 3.73. The number of amides is 4. The molecule has 12 nitrogen and oxygen atoms in total. The van der Waals surface area contributed by atoms with Crippen LogP contribution in [0.15, 0.2) is 94.9 Å². The molecule has 0 bridgehead atoms. The summed E-state index contributed by atoms with van der Waals surface area (Å²) in [5, 5.41) is 29.6. The number of imide groups is 3. The standard InChI is InChI=1S/C25H19N7O5S/c33-19-7-3-17(4-8-19)30(18-5-9-20(34)10-6-18)15-31-21(28-29-24-27-12-13-38-24)23(36)32(25(31)37)22(35)16-2-1-11-26-14-16/h1-14,21,33-34H,15H2. The Morgan fingerprint density at radius 1 is 0.974 bits per heavy atom. The topological polar surface area (TPSA) is 152 Å². The van der Waals surface area contributed by atoms with Gasteiger partial charge in [-0.25, -0.2) is 9.78 Å². The quantitative estimate of drug-likeness (QED) is 0.205. The van der Waals surface area contributed by atoms with Crippen LogP contribution in [-0.2, 0) is 4.79 Å². The lowest BCUT2D eigenvalue weighted by Crippen LogP contribution is -2.42. The Kier molecular flexibility index (Phi) is 6.74. The average Bonchev–Trinajstić information content (AvgIpc) is 3.53.